The van der Waals surface area contributed by atoms with E-state index in [1.165, 1.54) is 39.2 Å². The molecule has 0 bridgehead atoms. The number of esters is 1. The lowest BCUT2D eigenvalue weighted by atomic mass is 9.94. The third-order valence-corrected chi connectivity index (χ3v) is 6.50. The molecule has 6 nitrogen and oxygen atoms in total. The summed E-state index contributed by atoms with van der Waals surface area (Å²) in [5.41, 5.74) is 0. The van der Waals surface area contributed by atoms with E-state index in [4.69, 9.17) is 4.74 Å². The molecule has 0 radical (unpaired) electrons. The average molecular weight is 402 g/mol. The van der Waals surface area contributed by atoms with Crippen LogP contribution < -0.4 is 5.32 Å². The Morgan fingerprint density at radius 3 is 2.48 bits per heavy atom. The number of urea groups is 1. The van der Waals surface area contributed by atoms with Crippen molar-refractivity contribution in [3.8, 4) is 0 Å². The zero-order valence-corrected chi connectivity index (χ0v) is 17.5. The van der Waals surface area contributed by atoms with Crippen molar-refractivity contribution in [2.45, 2.75) is 76.3 Å². The van der Waals surface area contributed by atoms with Crippen LogP contribution in [0, 0.1) is 5.92 Å². The highest BCUT2D eigenvalue weighted by Gasteiger charge is 2.40. The fraction of sp³-hybridized carbons (Fsp3) is 0.900. The van der Waals surface area contributed by atoms with Crippen molar-refractivity contribution < 1.29 is 14.3 Å². The minimum absolute atomic E-state index is 0. The first-order chi connectivity index (χ1) is 12.7. The molecule has 1 saturated carbocycles. The van der Waals surface area contributed by atoms with Crippen LogP contribution in [-0.2, 0) is 9.53 Å². The summed E-state index contributed by atoms with van der Waals surface area (Å²) in [6.07, 6.45) is 10.7. The number of amides is 2. The molecule has 1 atom stereocenters. The molecule has 2 amide bonds. The summed E-state index contributed by atoms with van der Waals surface area (Å²) in [5.74, 6) is 0.543. The Bertz CT molecular complexity index is 479. The van der Waals surface area contributed by atoms with Crippen LogP contribution in [-0.4, -0.2) is 67.2 Å². The van der Waals surface area contributed by atoms with Crippen LogP contribution in [0.25, 0.3) is 0 Å². The van der Waals surface area contributed by atoms with Gasteiger partial charge in [-0.25, -0.2) is 4.79 Å². The molecule has 156 valence electrons. The van der Waals surface area contributed by atoms with E-state index in [9.17, 15) is 9.59 Å². The zero-order valence-electron chi connectivity index (χ0n) is 16.7. The van der Waals surface area contributed by atoms with Gasteiger partial charge in [0.1, 0.15) is 0 Å². The molecule has 1 unspecified atom stereocenters. The number of rotatable bonds is 7. The third kappa shape index (κ3) is 5.98. The molecule has 1 N–H and O–H groups in total. The fourth-order valence-corrected chi connectivity index (χ4v) is 4.83. The van der Waals surface area contributed by atoms with Gasteiger partial charge < -0.3 is 19.9 Å². The number of carbonyl (C=O) groups excluding carboxylic acids is 2. The number of nitrogens with one attached hydrogen (secondary N) is 1. The molecule has 0 aromatic heterocycles. The van der Waals surface area contributed by atoms with E-state index in [0.29, 0.717) is 24.8 Å². The number of methoxy groups -OCH3 is 1. The Balaban J connectivity index is 0.00000261. The van der Waals surface area contributed by atoms with Gasteiger partial charge in [0, 0.05) is 25.6 Å². The van der Waals surface area contributed by atoms with Crippen LogP contribution in [0.5, 0.6) is 0 Å². The van der Waals surface area contributed by atoms with E-state index >= 15 is 0 Å². The van der Waals surface area contributed by atoms with Crippen molar-refractivity contribution in [3.05, 3.63) is 0 Å². The van der Waals surface area contributed by atoms with Gasteiger partial charge in [0.2, 0.25) is 0 Å². The Kier molecular flexibility index (Phi) is 9.16. The van der Waals surface area contributed by atoms with Crippen molar-refractivity contribution in [1.82, 2.24) is 15.1 Å². The van der Waals surface area contributed by atoms with E-state index < -0.39 is 0 Å². The maximum absolute atomic E-state index is 13.1. The highest BCUT2D eigenvalue weighted by molar-refractivity contribution is 5.85. The molecular weight excluding hydrogens is 366 g/mol. The van der Waals surface area contributed by atoms with Crippen molar-refractivity contribution in [3.63, 3.8) is 0 Å². The van der Waals surface area contributed by atoms with E-state index in [2.05, 4.69) is 15.1 Å². The van der Waals surface area contributed by atoms with Gasteiger partial charge in [0.25, 0.3) is 0 Å². The lowest BCUT2D eigenvalue weighted by Crippen LogP contribution is -2.41. The lowest BCUT2D eigenvalue weighted by molar-refractivity contribution is -0.140. The topological polar surface area (TPSA) is 61.9 Å². The van der Waals surface area contributed by atoms with Crippen LogP contribution in [0.1, 0.15) is 64.2 Å². The zero-order chi connectivity index (χ0) is 18.4. The van der Waals surface area contributed by atoms with Gasteiger partial charge in [0.05, 0.1) is 13.2 Å². The second-order valence-electron chi connectivity index (χ2n) is 8.17. The third-order valence-electron chi connectivity index (χ3n) is 6.50. The van der Waals surface area contributed by atoms with Crippen LogP contribution in [0.3, 0.4) is 0 Å². The van der Waals surface area contributed by atoms with Gasteiger partial charge >= 0.3 is 12.0 Å². The van der Waals surface area contributed by atoms with Gasteiger partial charge in [-0.3, -0.25) is 4.79 Å². The number of hydrogen-bond donors (Lipinski definition) is 1. The first kappa shape index (κ1) is 22.3. The molecule has 2 saturated heterocycles. The van der Waals surface area contributed by atoms with E-state index in [0.717, 1.165) is 45.4 Å². The molecule has 7 heteroatoms. The van der Waals surface area contributed by atoms with Gasteiger partial charge in [-0.15, -0.1) is 12.4 Å². The van der Waals surface area contributed by atoms with Crippen LogP contribution in [0.15, 0.2) is 0 Å². The molecule has 27 heavy (non-hydrogen) atoms. The summed E-state index contributed by atoms with van der Waals surface area (Å²) in [7, 11) is 1.44. The molecule has 0 spiro atoms. The van der Waals surface area contributed by atoms with Gasteiger partial charge in [-0.1, -0.05) is 19.3 Å². The Morgan fingerprint density at radius 2 is 1.81 bits per heavy atom. The second kappa shape index (κ2) is 11.1. The van der Waals surface area contributed by atoms with Crippen molar-refractivity contribution in [2.75, 3.05) is 33.3 Å². The molecule has 3 aliphatic rings. The number of ether oxygens (including phenoxy) is 1. The molecule has 2 heterocycles. The molecule has 2 aliphatic heterocycles. The van der Waals surface area contributed by atoms with Crippen molar-refractivity contribution in [1.29, 1.82) is 0 Å². The van der Waals surface area contributed by atoms with Gasteiger partial charge in [-0.2, -0.15) is 0 Å². The molecule has 0 aromatic rings. The van der Waals surface area contributed by atoms with Crippen molar-refractivity contribution >= 4 is 24.4 Å². The first-order valence-electron chi connectivity index (χ1n) is 10.5. The Labute approximate surface area is 169 Å². The highest BCUT2D eigenvalue weighted by atomic mass is 35.5. The summed E-state index contributed by atoms with van der Waals surface area (Å²) in [5, 5.41) is 3.41. The number of piperidine rings is 1. The van der Waals surface area contributed by atoms with E-state index in [1.54, 1.807) is 0 Å². The van der Waals surface area contributed by atoms with Crippen molar-refractivity contribution in [2.24, 2.45) is 5.92 Å². The largest absolute Gasteiger partial charge is 0.469 e. The standard InChI is InChI=1S/C20H35N3O3.ClH/c1-26-19(24)8-7-18-15-23(17-5-3-2-4-6-17)20(25)22(18)14-11-16-9-12-21-13-10-16;/h16-18,21H,2-15H2,1H3;1H. The Hall–Kier alpha value is -1.01. The summed E-state index contributed by atoms with van der Waals surface area (Å²) in [6.45, 7) is 3.81. The number of nitrogens with zero attached hydrogens (tertiary/aromatic N) is 2. The lowest BCUT2D eigenvalue weighted by Gasteiger charge is -2.31. The fourth-order valence-electron chi connectivity index (χ4n) is 4.83. The summed E-state index contributed by atoms with van der Waals surface area (Å²) < 4.78 is 4.81. The van der Waals surface area contributed by atoms with Crippen LogP contribution in [0.4, 0.5) is 4.79 Å². The number of hydrogen-bond acceptors (Lipinski definition) is 4. The highest BCUT2D eigenvalue weighted by Crippen LogP contribution is 2.30. The average Bonchev–Trinajstić information content (AvgIpc) is 3.01. The minimum atomic E-state index is -0.174. The SMILES string of the molecule is COC(=O)CCC1CN(C2CCCCC2)C(=O)N1CCC1CCNCC1.Cl. The predicted octanol–water partition coefficient (Wildman–Crippen LogP) is 3.19. The van der Waals surface area contributed by atoms with E-state index in [1.807, 2.05) is 0 Å². The monoisotopic (exact) mass is 401 g/mol. The summed E-state index contributed by atoms with van der Waals surface area (Å²) in [4.78, 5) is 28.9. The van der Waals surface area contributed by atoms with Gasteiger partial charge in [-0.05, 0) is 57.5 Å². The molecule has 3 fully saturated rings. The smallest absolute Gasteiger partial charge is 0.320 e. The summed E-state index contributed by atoms with van der Waals surface area (Å²) >= 11 is 0. The predicted molar refractivity (Wildman–Crippen MR) is 108 cm³/mol. The first-order valence-corrected chi connectivity index (χ1v) is 10.5. The Morgan fingerprint density at radius 1 is 1.11 bits per heavy atom. The van der Waals surface area contributed by atoms with Crippen LogP contribution in [0.2, 0.25) is 0 Å². The molecular formula is C20H36ClN3O3. The maximum atomic E-state index is 13.1. The minimum Gasteiger partial charge on any atom is -0.469 e. The maximum Gasteiger partial charge on any atom is 0.320 e. The quantitative estimate of drug-likeness (QED) is 0.665. The normalized spacial score (nSPS) is 24.8. The van der Waals surface area contributed by atoms with E-state index in [-0.39, 0.29) is 30.4 Å². The molecule has 1 aliphatic carbocycles. The molecule has 0 aromatic carbocycles. The van der Waals surface area contributed by atoms with Crippen LogP contribution >= 0.6 is 12.4 Å². The number of carbonyl (C=O) groups is 2. The van der Waals surface area contributed by atoms with Gasteiger partial charge in [0.15, 0.2) is 0 Å². The summed E-state index contributed by atoms with van der Waals surface area (Å²) in [6, 6.07) is 0.770. The number of halogens is 1. The molecule has 3 rings (SSSR count). The second-order valence-corrected chi connectivity index (χ2v) is 8.17.